The summed E-state index contributed by atoms with van der Waals surface area (Å²) < 4.78 is 5.32. The van der Waals surface area contributed by atoms with Crippen molar-refractivity contribution in [1.29, 1.82) is 0 Å². The van der Waals surface area contributed by atoms with Gasteiger partial charge in [0.1, 0.15) is 5.75 Å². The highest BCUT2D eigenvalue weighted by Crippen LogP contribution is 2.34. The second kappa shape index (κ2) is 6.95. The molecule has 1 atom stereocenters. The lowest BCUT2D eigenvalue weighted by Gasteiger charge is -2.25. The molecule has 24 heavy (non-hydrogen) atoms. The van der Waals surface area contributed by atoms with Gasteiger partial charge in [-0.1, -0.05) is 12.1 Å². The van der Waals surface area contributed by atoms with E-state index in [-0.39, 0.29) is 11.9 Å². The molecule has 0 saturated carbocycles. The summed E-state index contributed by atoms with van der Waals surface area (Å²) in [6.07, 6.45) is 2.03. The zero-order chi connectivity index (χ0) is 17.1. The summed E-state index contributed by atoms with van der Waals surface area (Å²) in [4.78, 5) is 17.0. The summed E-state index contributed by atoms with van der Waals surface area (Å²) in [5, 5.41) is 0. The predicted octanol–water partition coefficient (Wildman–Crippen LogP) is 3.74. The lowest BCUT2D eigenvalue weighted by molar-refractivity contribution is 0.0735. The molecule has 0 aliphatic carbocycles. The van der Waals surface area contributed by atoms with Crippen molar-refractivity contribution in [3.8, 4) is 5.75 Å². The molecule has 0 unspecified atom stereocenters. The minimum Gasteiger partial charge on any atom is -0.497 e. The normalized spacial score (nSPS) is 17.0. The fourth-order valence-electron chi connectivity index (χ4n) is 3.27. The van der Waals surface area contributed by atoms with Crippen LogP contribution in [-0.2, 0) is 0 Å². The third-order valence-corrected chi connectivity index (χ3v) is 4.62. The molecule has 1 heterocycles. The predicted molar refractivity (Wildman–Crippen MR) is 96.8 cm³/mol. The summed E-state index contributed by atoms with van der Waals surface area (Å²) in [6.45, 7) is 0.802. The molecule has 0 N–H and O–H groups in total. The van der Waals surface area contributed by atoms with Crippen LogP contribution in [0.5, 0.6) is 5.75 Å². The molecule has 126 valence electrons. The number of methoxy groups -OCH3 is 1. The zero-order valence-electron chi connectivity index (χ0n) is 14.5. The highest BCUT2D eigenvalue weighted by atomic mass is 16.5. The first-order chi connectivity index (χ1) is 11.6. The van der Waals surface area contributed by atoms with E-state index in [2.05, 4.69) is 6.07 Å². The van der Waals surface area contributed by atoms with Crippen LogP contribution in [0.3, 0.4) is 0 Å². The molecule has 0 aromatic heterocycles. The summed E-state index contributed by atoms with van der Waals surface area (Å²) in [7, 11) is 5.66. The first kappa shape index (κ1) is 16.4. The average molecular weight is 324 g/mol. The van der Waals surface area contributed by atoms with Gasteiger partial charge in [0.15, 0.2) is 0 Å². The quantitative estimate of drug-likeness (QED) is 0.859. The minimum atomic E-state index is 0.102. The van der Waals surface area contributed by atoms with Crippen molar-refractivity contribution in [2.75, 3.05) is 32.6 Å². The van der Waals surface area contributed by atoms with E-state index in [0.717, 1.165) is 42.0 Å². The Kier molecular flexibility index (Phi) is 4.74. The van der Waals surface area contributed by atoms with Crippen molar-refractivity contribution in [3.63, 3.8) is 0 Å². The summed E-state index contributed by atoms with van der Waals surface area (Å²) in [6, 6.07) is 16.0. The van der Waals surface area contributed by atoms with Gasteiger partial charge < -0.3 is 14.5 Å². The molecule has 1 aliphatic rings. The van der Waals surface area contributed by atoms with Crippen LogP contribution < -0.4 is 9.64 Å². The van der Waals surface area contributed by atoms with Crippen LogP contribution in [0.2, 0.25) is 0 Å². The first-order valence-electron chi connectivity index (χ1n) is 8.32. The second-order valence-corrected chi connectivity index (χ2v) is 6.37. The number of nitrogens with zero attached hydrogens (tertiary/aromatic N) is 2. The van der Waals surface area contributed by atoms with Crippen molar-refractivity contribution in [1.82, 2.24) is 4.90 Å². The smallest absolute Gasteiger partial charge is 0.254 e. The Labute approximate surface area is 143 Å². The lowest BCUT2D eigenvalue weighted by Crippen LogP contribution is -2.30. The number of hydrogen-bond acceptors (Lipinski definition) is 3. The largest absolute Gasteiger partial charge is 0.497 e. The van der Waals surface area contributed by atoms with Crippen LogP contribution in [0.15, 0.2) is 48.5 Å². The second-order valence-electron chi connectivity index (χ2n) is 6.37. The number of ether oxygens (including phenoxy) is 1. The standard InChI is InChI=1S/C20H24N2O2/c1-21(2)17-11-9-15(10-12-17)20(23)22-13-5-8-19(22)16-6-4-7-18(14-16)24-3/h4,6-7,9-12,14,19H,5,8,13H2,1-3H3/t19-/m1/s1. The van der Waals surface area contributed by atoms with Gasteiger partial charge in [-0.2, -0.15) is 0 Å². The van der Waals surface area contributed by atoms with Crippen molar-refractivity contribution in [2.24, 2.45) is 0 Å². The van der Waals surface area contributed by atoms with Crippen molar-refractivity contribution >= 4 is 11.6 Å². The molecule has 2 aromatic carbocycles. The van der Waals surface area contributed by atoms with E-state index in [0.29, 0.717) is 0 Å². The number of likely N-dealkylation sites (tertiary alicyclic amines) is 1. The number of benzene rings is 2. The Morgan fingerprint density at radius 2 is 1.92 bits per heavy atom. The number of amides is 1. The Hall–Kier alpha value is -2.49. The maximum atomic E-state index is 12.9. The van der Waals surface area contributed by atoms with Crippen LogP contribution in [0.4, 0.5) is 5.69 Å². The highest BCUT2D eigenvalue weighted by molar-refractivity contribution is 5.95. The summed E-state index contributed by atoms with van der Waals surface area (Å²) >= 11 is 0. The van der Waals surface area contributed by atoms with Crippen LogP contribution >= 0.6 is 0 Å². The van der Waals surface area contributed by atoms with Gasteiger partial charge in [0, 0.05) is 31.9 Å². The molecule has 4 heteroatoms. The Bertz CT molecular complexity index is 710. The van der Waals surface area contributed by atoms with Gasteiger partial charge in [-0.15, -0.1) is 0 Å². The number of hydrogen-bond donors (Lipinski definition) is 0. The van der Waals surface area contributed by atoms with Gasteiger partial charge >= 0.3 is 0 Å². The monoisotopic (exact) mass is 324 g/mol. The SMILES string of the molecule is COc1cccc([C@H]2CCCN2C(=O)c2ccc(N(C)C)cc2)c1. The molecular formula is C20H24N2O2. The molecule has 1 fully saturated rings. The zero-order valence-corrected chi connectivity index (χ0v) is 14.5. The van der Waals surface area contributed by atoms with Crippen LogP contribution in [0.25, 0.3) is 0 Å². The number of carbonyl (C=O) groups is 1. The summed E-state index contributed by atoms with van der Waals surface area (Å²) in [5.74, 6) is 0.938. The van der Waals surface area contributed by atoms with Crippen LogP contribution in [0.1, 0.15) is 34.8 Å². The average Bonchev–Trinajstić information content (AvgIpc) is 3.11. The number of anilines is 1. The van der Waals surface area contributed by atoms with E-state index in [1.165, 1.54) is 0 Å². The number of carbonyl (C=O) groups excluding carboxylic acids is 1. The molecule has 2 aromatic rings. The molecule has 0 radical (unpaired) electrons. The molecule has 3 rings (SSSR count). The number of rotatable bonds is 4. The van der Waals surface area contributed by atoms with Gasteiger partial charge in [-0.3, -0.25) is 4.79 Å². The fraction of sp³-hybridized carbons (Fsp3) is 0.350. The van der Waals surface area contributed by atoms with Crippen molar-refractivity contribution in [3.05, 3.63) is 59.7 Å². The highest BCUT2D eigenvalue weighted by Gasteiger charge is 2.30. The van der Waals surface area contributed by atoms with Gasteiger partial charge in [0.05, 0.1) is 13.2 Å². The van der Waals surface area contributed by atoms with Gasteiger partial charge in [-0.05, 0) is 54.8 Å². The van der Waals surface area contributed by atoms with E-state index in [1.54, 1.807) is 7.11 Å². The first-order valence-corrected chi connectivity index (χ1v) is 8.32. The molecule has 1 aliphatic heterocycles. The maximum absolute atomic E-state index is 12.9. The van der Waals surface area contributed by atoms with Crippen LogP contribution in [0, 0.1) is 0 Å². The third kappa shape index (κ3) is 3.23. The molecular weight excluding hydrogens is 300 g/mol. The Morgan fingerprint density at radius 3 is 2.58 bits per heavy atom. The van der Waals surface area contributed by atoms with Gasteiger partial charge in [-0.25, -0.2) is 0 Å². The Morgan fingerprint density at radius 1 is 1.17 bits per heavy atom. The minimum absolute atomic E-state index is 0.102. The van der Waals surface area contributed by atoms with Crippen molar-refractivity contribution in [2.45, 2.75) is 18.9 Å². The van der Waals surface area contributed by atoms with Gasteiger partial charge in [0.2, 0.25) is 0 Å². The van der Waals surface area contributed by atoms with E-state index < -0.39 is 0 Å². The van der Waals surface area contributed by atoms with E-state index in [1.807, 2.05) is 66.4 Å². The van der Waals surface area contributed by atoms with E-state index >= 15 is 0 Å². The van der Waals surface area contributed by atoms with Gasteiger partial charge in [0.25, 0.3) is 5.91 Å². The molecule has 1 amide bonds. The maximum Gasteiger partial charge on any atom is 0.254 e. The lowest BCUT2D eigenvalue weighted by atomic mass is 10.0. The van der Waals surface area contributed by atoms with Crippen LogP contribution in [-0.4, -0.2) is 38.6 Å². The third-order valence-electron chi connectivity index (χ3n) is 4.62. The molecule has 1 saturated heterocycles. The molecule has 4 nitrogen and oxygen atoms in total. The van der Waals surface area contributed by atoms with Crippen molar-refractivity contribution < 1.29 is 9.53 Å². The fourth-order valence-corrected chi connectivity index (χ4v) is 3.27. The summed E-state index contributed by atoms with van der Waals surface area (Å²) in [5.41, 5.74) is 2.98. The topological polar surface area (TPSA) is 32.8 Å². The van der Waals surface area contributed by atoms with E-state index in [4.69, 9.17) is 4.74 Å². The Balaban J connectivity index is 1.82. The molecule has 0 spiro atoms. The van der Waals surface area contributed by atoms with E-state index in [9.17, 15) is 4.79 Å². The molecule has 0 bridgehead atoms.